The fourth-order valence-electron chi connectivity index (χ4n) is 1.60. The molecule has 0 saturated carbocycles. The van der Waals surface area contributed by atoms with Crippen LogP contribution in [0.15, 0.2) is 0 Å². The lowest BCUT2D eigenvalue weighted by atomic mass is 9.95. The number of nitrogens with one attached hydrogen (secondary N) is 2. The lowest BCUT2D eigenvalue weighted by molar-refractivity contribution is -0.127. The van der Waals surface area contributed by atoms with Crippen LogP contribution in [-0.4, -0.2) is 24.5 Å². The maximum absolute atomic E-state index is 11.8. The van der Waals surface area contributed by atoms with Gasteiger partial charge in [-0.2, -0.15) is 0 Å². The quantitative estimate of drug-likeness (QED) is 0.717. The van der Waals surface area contributed by atoms with Gasteiger partial charge in [-0.25, -0.2) is 0 Å². The molecule has 14 heavy (non-hydrogen) atoms. The molecule has 1 amide bonds. The van der Waals surface area contributed by atoms with Crippen LogP contribution in [0.1, 0.15) is 40.0 Å². The van der Waals surface area contributed by atoms with Crippen LogP contribution in [0.3, 0.4) is 0 Å². The average molecular weight is 198 g/mol. The van der Waals surface area contributed by atoms with Crippen molar-refractivity contribution >= 4 is 5.91 Å². The van der Waals surface area contributed by atoms with Gasteiger partial charge in [-0.05, 0) is 39.7 Å². The highest BCUT2D eigenvalue weighted by Crippen LogP contribution is 2.13. The summed E-state index contributed by atoms with van der Waals surface area (Å²) in [7, 11) is 0. The second-order valence-electron chi connectivity index (χ2n) is 4.77. The van der Waals surface area contributed by atoms with Gasteiger partial charge >= 0.3 is 0 Å². The molecule has 0 radical (unpaired) electrons. The molecule has 0 spiro atoms. The van der Waals surface area contributed by atoms with Gasteiger partial charge in [0.2, 0.25) is 5.91 Å². The third kappa shape index (κ3) is 3.29. The molecule has 0 aromatic heterocycles. The Morgan fingerprint density at radius 2 is 2.29 bits per heavy atom. The zero-order valence-corrected chi connectivity index (χ0v) is 9.52. The van der Waals surface area contributed by atoms with Crippen LogP contribution in [0.2, 0.25) is 0 Å². The fourth-order valence-corrected chi connectivity index (χ4v) is 1.60. The Morgan fingerprint density at radius 3 is 2.79 bits per heavy atom. The van der Waals surface area contributed by atoms with Gasteiger partial charge in [0.05, 0.1) is 5.92 Å². The highest BCUT2D eigenvalue weighted by atomic mass is 16.2. The first-order chi connectivity index (χ1) is 6.55. The molecular formula is C11H22N2O. The summed E-state index contributed by atoms with van der Waals surface area (Å²) < 4.78 is 0. The molecule has 1 saturated heterocycles. The van der Waals surface area contributed by atoms with Crippen molar-refractivity contribution in [1.82, 2.24) is 10.6 Å². The molecule has 0 aromatic rings. The first-order valence-corrected chi connectivity index (χ1v) is 5.58. The van der Waals surface area contributed by atoms with E-state index in [-0.39, 0.29) is 17.4 Å². The summed E-state index contributed by atoms with van der Waals surface area (Å²) in [6.45, 7) is 8.13. The van der Waals surface area contributed by atoms with Crippen molar-refractivity contribution in [2.24, 2.45) is 5.92 Å². The van der Waals surface area contributed by atoms with Crippen molar-refractivity contribution in [1.29, 1.82) is 0 Å². The van der Waals surface area contributed by atoms with Crippen LogP contribution >= 0.6 is 0 Å². The zero-order valence-electron chi connectivity index (χ0n) is 9.52. The van der Waals surface area contributed by atoms with Crippen LogP contribution < -0.4 is 10.6 Å². The van der Waals surface area contributed by atoms with E-state index in [1.54, 1.807) is 0 Å². The van der Waals surface area contributed by atoms with E-state index in [4.69, 9.17) is 0 Å². The average Bonchev–Trinajstić information content (AvgIpc) is 2.19. The van der Waals surface area contributed by atoms with Gasteiger partial charge in [-0.15, -0.1) is 0 Å². The summed E-state index contributed by atoms with van der Waals surface area (Å²) in [5.41, 5.74) is -0.0610. The van der Waals surface area contributed by atoms with Crippen molar-refractivity contribution in [3.63, 3.8) is 0 Å². The third-order valence-corrected chi connectivity index (χ3v) is 3.01. The van der Waals surface area contributed by atoms with Crippen molar-refractivity contribution in [3.8, 4) is 0 Å². The van der Waals surface area contributed by atoms with Crippen LogP contribution in [0.4, 0.5) is 0 Å². The maximum atomic E-state index is 11.8. The Bertz CT molecular complexity index is 195. The number of hydrogen-bond donors (Lipinski definition) is 2. The normalized spacial score (nSPS) is 23.2. The molecule has 82 valence electrons. The van der Waals surface area contributed by atoms with Gasteiger partial charge in [0.25, 0.3) is 0 Å². The van der Waals surface area contributed by atoms with E-state index in [1.165, 1.54) is 0 Å². The molecular weight excluding hydrogens is 176 g/mol. The van der Waals surface area contributed by atoms with Gasteiger partial charge in [-0.3, -0.25) is 4.79 Å². The molecule has 1 aliphatic rings. The predicted molar refractivity (Wildman–Crippen MR) is 58.1 cm³/mol. The molecule has 3 heteroatoms. The summed E-state index contributed by atoms with van der Waals surface area (Å²) in [4.78, 5) is 11.8. The number of carbonyl (C=O) groups excluding carboxylic acids is 1. The molecule has 1 rings (SSSR count). The Balaban J connectivity index is 2.40. The Hall–Kier alpha value is -0.570. The number of piperidine rings is 1. The summed E-state index contributed by atoms with van der Waals surface area (Å²) >= 11 is 0. The first-order valence-electron chi connectivity index (χ1n) is 5.58. The Morgan fingerprint density at radius 1 is 1.57 bits per heavy atom. The Labute approximate surface area is 86.6 Å². The maximum Gasteiger partial charge on any atom is 0.224 e. The van der Waals surface area contributed by atoms with Crippen molar-refractivity contribution < 1.29 is 4.79 Å². The van der Waals surface area contributed by atoms with Crippen LogP contribution in [0.25, 0.3) is 0 Å². The monoisotopic (exact) mass is 198 g/mol. The van der Waals surface area contributed by atoms with E-state index in [1.807, 2.05) is 0 Å². The van der Waals surface area contributed by atoms with E-state index in [0.29, 0.717) is 0 Å². The van der Waals surface area contributed by atoms with E-state index in [2.05, 4.69) is 31.4 Å². The van der Waals surface area contributed by atoms with Gasteiger partial charge in [0.1, 0.15) is 0 Å². The molecule has 0 bridgehead atoms. The zero-order chi connectivity index (χ0) is 10.6. The summed E-state index contributed by atoms with van der Waals surface area (Å²) in [6, 6.07) is 0. The summed E-state index contributed by atoms with van der Waals surface area (Å²) in [5.74, 6) is 0.388. The minimum atomic E-state index is -0.0610. The molecule has 0 unspecified atom stereocenters. The molecule has 1 fully saturated rings. The van der Waals surface area contributed by atoms with Crippen molar-refractivity contribution in [2.75, 3.05) is 13.1 Å². The minimum Gasteiger partial charge on any atom is -0.351 e. The lowest BCUT2D eigenvalue weighted by Crippen LogP contribution is -2.48. The summed E-state index contributed by atoms with van der Waals surface area (Å²) in [6.07, 6.45) is 3.11. The van der Waals surface area contributed by atoms with Gasteiger partial charge in [-0.1, -0.05) is 6.92 Å². The molecule has 1 aliphatic heterocycles. The summed E-state index contributed by atoms with van der Waals surface area (Å²) in [5, 5.41) is 6.36. The largest absolute Gasteiger partial charge is 0.351 e. The van der Waals surface area contributed by atoms with E-state index < -0.39 is 0 Å². The highest BCUT2D eigenvalue weighted by molar-refractivity contribution is 5.79. The van der Waals surface area contributed by atoms with Gasteiger partial charge < -0.3 is 10.6 Å². The molecule has 1 atom stereocenters. The molecule has 3 nitrogen and oxygen atoms in total. The first kappa shape index (κ1) is 11.5. The topological polar surface area (TPSA) is 41.1 Å². The third-order valence-electron chi connectivity index (χ3n) is 3.01. The minimum absolute atomic E-state index is 0.0610. The van der Waals surface area contributed by atoms with Gasteiger partial charge in [0, 0.05) is 12.1 Å². The van der Waals surface area contributed by atoms with E-state index >= 15 is 0 Å². The van der Waals surface area contributed by atoms with E-state index in [0.717, 1.165) is 32.4 Å². The van der Waals surface area contributed by atoms with Crippen LogP contribution in [-0.2, 0) is 4.79 Å². The van der Waals surface area contributed by atoms with Gasteiger partial charge in [0.15, 0.2) is 0 Å². The molecule has 0 aromatic carbocycles. The molecule has 1 heterocycles. The second kappa shape index (κ2) is 4.78. The lowest BCUT2D eigenvalue weighted by Gasteiger charge is -2.29. The number of amides is 1. The smallest absolute Gasteiger partial charge is 0.224 e. The predicted octanol–water partition coefficient (Wildman–Crippen LogP) is 1.29. The molecule has 0 aliphatic carbocycles. The number of rotatable bonds is 3. The molecule has 2 N–H and O–H groups in total. The van der Waals surface area contributed by atoms with Crippen molar-refractivity contribution in [3.05, 3.63) is 0 Å². The standard InChI is InChI=1S/C11H22N2O/c1-4-11(2,3)13-10(14)9-6-5-7-12-8-9/h9,12H,4-8H2,1-3H3,(H,13,14)/t9-/m0/s1. The Kier molecular flexibility index (Phi) is 3.93. The number of hydrogen-bond acceptors (Lipinski definition) is 2. The number of carbonyl (C=O) groups is 1. The SMILES string of the molecule is CCC(C)(C)NC(=O)[C@H]1CCCNC1. The second-order valence-corrected chi connectivity index (χ2v) is 4.77. The van der Waals surface area contributed by atoms with Crippen LogP contribution in [0, 0.1) is 5.92 Å². The van der Waals surface area contributed by atoms with E-state index in [9.17, 15) is 4.79 Å². The van der Waals surface area contributed by atoms with Crippen molar-refractivity contribution in [2.45, 2.75) is 45.6 Å². The highest BCUT2D eigenvalue weighted by Gasteiger charge is 2.25. The van der Waals surface area contributed by atoms with Crippen LogP contribution in [0.5, 0.6) is 0 Å². The fraction of sp³-hybridized carbons (Fsp3) is 0.909.